The van der Waals surface area contributed by atoms with Gasteiger partial charge in [0.1, 0.15) is 5.75 Å². The first-order valence-corrected chi connectivity index (χ1v) is 11.6. The summed E-state index contributed by atoms with van der Waals surface area (Å²) in [7, 11) is -1.29. The number of ether oxygens (including phenoxy) is 2. The topological polar surface area (TPSA) is 113 Å². The summed E-state index contributed by atoms with van der Waals surface area (Å²) in [5.74, 6) is 3.55. The van der Waals surface area contributed by atoms with Crippen LogP contribution in [0.3, 0.4) is 0 Å². The minimum Gasteiger partial charge on any atom is -0.434 e. The van der Waals surface area contributed by atoms with E-state index >= 15 is 0 Å². The van der Waals surface area contributed by atoms with Crippen LogP contribution in [0.5, 0.6) is 5.75 Å². The van der Waals surface area contributed by atoms with Gasteiger partial charge in [-0.05, 0) is 31.1 Å². The summed E-state index contributed by atoms with van der Waals surface area (Å²) in [6, 6.07) is 5.19. The first-order chi connectivity index (χ1) is 13.8. The number of non-ortho nitro benzene ring substituents is 1. The van der Waals surface area contributed by atoms with E-state index in [1.54, 1.807) is 0 Å². The maximum Gasteiger partial charge on any atom is 0.513 e. The molecule has 1 heterocycles. The first-order valence-electron chi connectivity index (χ1n) is 9.07. The van der Waals surface area contributed by atoms with E-state index in [0.29, 0.717) is 19.4 Å². The largest absolute Gasteiger partial charge is 0.513 e. The van der Waals surface area contributed by atoms with Crippen LogP contribution in [0.15, 0.2) is 34.5 Å². The summed E-state index contributed by atoms with van der Waals surface area (Å²) >= 11 is 0. The quantitative estimate of drug-likeness (QED) is 0.122. The molecule has 0 amide bonds. The number of nitro benzene ring substituents is 1. The highest BCUT2D eigenvalue weighted by Gasteiger charge is 2.39. The van der Waals surface area contributed by atoms with Crippen LogP contribution >= 0.6 is 10.3 Å². The Morgan fingerprint density at radius 1 is 1.24 bits per heavy atom. The fourth-order valence-corrected chi connectivity index (χ4v) is 3.95. The molecule has 0 fully saturated rings. The van der Waals surface area contributed by atoms with E-state index in [9.17, 15) is 14.9 Å². The zero-order chi connectivity index (χ0) is 21.3. The number of carbonyl (C=O) groups is 1. The normalized spacial score (nSPS) is 14.7. The van der Waals surface area contributed by atoms with E-state index in [1.807, 2.05) is 0 Å². The highest BCUT2D eigenvalue weighted by molar-refractivity contribution is 8.28. The van der Waals surface area contributed by atoms with Crippen molar-refractivity contribution in [3.05, 3.63) is 34.4 Å². The Kier molecular flexibility index (Phi) is 7.99. The van der Waals surface area contributed by atoms with Gasteiger partial charge in [-0.15, -0.1) is 22.7 Å². The molecule has 0 bridgehead atoms. The Bertz CT molecular complexity index is 782. The molecule has 0 saturated heterocycles. The van der Waals surface area contributed by atoms with Gasteiger partial charge in [-0.3, -0.25) is 10.1 Å². The number of nitro groups is 1. The summed E-state index contributed by atoms with van der Waals surface area (Å²) in [6.45, 7) is 0.755. The SMILES string of the molecule is C#CCCC1(CCOS(C)(C)CCCOC(=O)Oc2ccc([N+](=O)[O-])cc2)N=N1. The summed E-state index contributed by atoms with van der Waals surface area (Å²) in [6.07, 6.45) is 11.3. The summed E-state index contributed by atoms with van der Waals surface area (Å²) < 4.78 is 16.0. The van der Waals surface area contributed by atoms with Gasteiger partial charge in [0.15, 0.2) is 5.66 Å². The van der Waals surface area contributed by atoms with Crippen molar-refractivity contribution in [2.45, 2.75) is 31.3 Å². The van der Waals surface area contributed by atoms with Crippen LogP contribution in [0.2, 0.25) is 0 Å². The maximum atomic E-state index is 11.7. The van der Waals surface area contributed by atoms with Gasteiger partial charge < -0.3 is 13.7 Å². The maximum absolute atomic E-state index is 11.7. The molecule has 1 aliphatic rings. The zero-order valence-corrected chi connectivity index (χ0v) is 17.4. The van der Waals surface area contributed by atoms with Crippen LogP contribution in [0, 0.1) is 22.5 Å². The van der Waals surface area contributed by atoms with E-state index in [-0.39, 0.29) is 23.7 Å². The Morgan fingerprint density at radius 3 is 2.52 bits per heavy atom. The van der Waals surface area contributed by atoms with Crippen LogP contribution in [-0.2, 0) is 8.92 Å². The minimum atomic E-state index is -1.29. The lowest BCUT2D eigenvalue weighted by molar-refractivity contribution is -0.384. The van der Waals surface area contributed by atoms with Crippen molar-refractivity contribution in [2.24, 2.45) is 10.2 Å². The van der Waals surface area contributed by atoms with Gasteiger partial charge >= 0.3 is 6.16 Å². The van der Waals surface area contributed by atoms with Gasteiger partial charge in [0.2, 0.25) is 0 Å². The fourth-order valence-electron chi connectivity index (χ4n) is 2.48. The molecule has 0 spiro atoms. The molecule has 0 aromatic heterocycles. The lowest BCUT2D eigenvalue weighted by Gasteiger charge is -2.31. The number of rotatable bonds is 12. The number of nitrogens with zero attached hydrogens (tertiary/aromatic N) is 3. The lowest BCUT2D eigenvalue weighted by Crippen LogP contribution is -2.17. The predicted octanol–water partition coefficient (Wildman–Crippen LogP) is 4.46. The second-order valence-electron chi connectivity index (χ2n) is 6.90. The van der Waals surface area contributed by atoms with Gasteiger partial charge in [0, 0.05) is 37.1 Å². The molecule has 1 aliphatic heterocycles. The third-order valence-electron chi connectivity index (χ3n) is 4.21. The zero-order valence-electron chi connectivity index (χ0n) is 16.5. The molecule has 0 radical (unpaired) electrons. The predicted molar refractivity (Wildman–Crippen MR) is 110 cm³/mol. The van der Waals surface area contributed by atoms with E-state index < -0.39 is 21.4 Å². The fraction of sp³-hybridized carbons (Fsp3) is 0.526. The van der Waals surface area contributed by atoms with Gasteiger partial charge in [0.25, 0.3) is 5.69 Å². The van der Waals surface area contributed by atoms with Gasteiger partial charge in [-0.25, -0.2) is 4.79 Å². The summed E-state index contributed by atoms with van der Waals surface area (Å²) in [5.41, 5.74) is -0.422. The van der Waals surface area contributed by atoms with Crippen molar-refractivity contribution >= 4 is 22.2 Å². The molecular formula is C19H25N3O6S. The minimum absolute atomic E-state index is 0.0816. The lowest BCUT2D eigenvalue weighted by atomic mass is 10.1. The molecule has 0 saturated carbocycles. The second-order valence-corrected chi connectivity index (χ2v) is 10.4. The third kappa shape index (κ3) is 8.09. The summed E-state index contributed by atoms with van der Waals surface area (Å²) in [4.78, 5) is 21.8. The van der Waals surface area contributed by atoms with Gasteiger partial charge in [0.05, 0.1) is 18.1 Å². The van der Waals surface area contributed by atoms with Crippen molar-refractivity contribution in [3.63, 3.8) is 0 Å². The van der Waals surface area contributed by atoms with Crippen LogP contribution in [0.25, 0.3) is 0 Å². The van der Waals surface area contributed by atoms with Crippen molar-refractivity contribution < 1.29 is 23.4 Å². The molecule has 10 heteroatoms. The Labute approximate surface area is 171 Å². The smallest absolute Gasteiger partial charge is 0.434 e. The van der Waals surface area contributed by atoms with E-state index in [4.69, 9.17) is 20.1 Å². The average molecular weight is 423 g/mol. The standard InChI is InChI=1S/C19H25N3O6S/c1-4-5-11-19(20-21-19)12-14-27-29(2,3)15-6-13-26-18(23)28-17-9-7-16(8-10-17)22(24)25/h1,7-10H,5-6,11-15H2,2-3H3. The second kappa shape index (κ2) is 10.2. The molecule has 1 aromatic rings. The molecular weight excluding hydrogens is 398 g/mol. The number of hydrogen-bond donors (Lipinski definition) is 0. The number of terminal acetylenes is 1. The average Bonchev–Trinajstić information content (AvgIpc) is 3.44. The van der Waals surface area contributed by atoms with Crippen molar-refractivity contribution in [2.75, 3.05) is 31.5 Å². The molecule has 1 aromatic carbocycles. The van der Waals surface area contributed by atoms with Gasteiger partial charge in [-0.1, -0.05) is 0 Å². The van der Waals surface area contributed by atoms with Crippen LogP contribution in [0.4, 0.5) is 10.5 Å². The third-order valence-corrected chi connectivity index (χ3v) is 6.28. The van der Waals surface area contributed by atoms with E-state index in [0.717, 1.165) is 18.6 Å². The number of benzene rings is 1. The van der Waals surface area contributed by atoms with E-state index in [2.05, 4.69) is 28.7 Å². The monoisotopic (exact) mass is 423 g/mol. The summed E-state index contributed by atoms with van der Waals surface area (Å²) in [5, 5.41) is 18.8. The van der Waals surface area contributed by atoms with Crippen LogP contribution < -0.4 is 4.74 Å². The Hall–Kier alpha value is -2.64. The Morgan fingerprint density at radius 2 is 1.93 bits per heavy atom. The van der Waals surface area contributed by atoms with E-state index in [1.165, 1.54) is 24.3 Å². The van der Waals surface area contributed by atoms with Crippen molar-refractivity contribution in [1.29, 1.82) is 0 Å². The Balaban J connectivity index is 1.60. The first kappa shape index (κ1) is 22.6. The molecule has 158 valence electrons. The van der Waals surface area contributed by atoms with Crippen LogP contribution in [0.1, 0.15) is 25.7 Å². The van der Waals surface area contributed by atoms with Crippen molar-refractivity contribution in [3.8, 4) is 18.1 Å². The molecule has 0 unspecified atom stereocenters. The molecule has 9 nitrogen and oxygen atoms in total. The highest BCUT2D eigenvalue weighted by Crippen LogP contribution is 2.44. The number of hydrogen-bond acceptors (Lipinski definition) is 8. The number of carbonyl (C=O) groups excluding carboxylic acids is 1. The highest BCUT2D eigenvalue weighted by atomic mass is 32.3. The molecule has 0 N–H and O–H groups in total. The van der Waals surface area contributed by atoms with Gasteiger partial charge in [-0.2, -0.15) is 10.2 Å². The molecule has 0 atom stereocenters. The van der Waals surface area contributed by atoms with Crippen LogP contribution in [-0.4, -0.2) is 48.2 Å². The molecule has 0 aliphatic carbocycles. The molecule has 29 heavy (non-hydrogen) atoms. The van der Waals surface area contributed by atoms with Crippen molar-refractivity contribution in [1.82, 2.24) is 0 Å². The molecule has 2 rings (SSSR count).